The molecule has 0 N–H and O–H groups in total. The number of hydrogen-bond donors (Lipinski definition) is 0. The Balaban J connectivity index is 1.99. The summed E-state index contributed by atoms with van der Waals surface area (Å²) in [5.41, 5.74) is 1.10. The predicted molar refractivity (Wildman–Crippen MR) is 110 cm³/mol. The maximum Gasteiger partial charge on any atom is 0.307 e. The molecule has 3 aromatic carbocycles. The molecule has 0 bridgehead atoms. The van der Waals surface area contributed by atoms with E-state index in [0.717, 1.165) is 21.2 Å². The number of carbonyl (C=O) groups is 1. The SMILES string of the molecule is CCOC(=O)CC(Sc1ccc(Cl)c(Cl)c1)c1cccc2ccccc12. The normalized spacial score (nSPS) is 12.1. The van der Waals surface area contributed by atoms with Crippen LogP contribution in [0.3, 0.4) is 0 Å². The van der Waals surface area contributed by atoms with Gasteiger partial charge in [-0.15, -0.1) is 11.8 Å². The Morgan fingerprint density at radius 1 is 1.04 bits per heavy atom. The lowest BCUT2D eigenvalue weighted by Gasteiger charge is -2.19. The van der Waals surface area contributed by atoms with Gasteiger partial charge in [-0.2, -0.15) is 0 Å². The van der Waals surface area contributed by atoms with E-state index in [2.05, 4.69) is 24.3 Å². The Hall–Kier alpha value is -1.68. The standard InChI is InChI=1S/C21H18Cl2O2S/c1-2-25-21(24)13-20(26-15-10-11-18(22)19(23)12-15)17-9-5-7-14-6-3-4-8-16(14)17/h3-12,20H,2,13H2,1H3. The number of carbonyl (C=O) groups excluding carboxylic acids is 1. The molecule has 0 radical (unpaired) electrons. The van der Waals surface area contributed by atoms with E-state index in [0.29, 0.717) is 16.7 Å². The number of fused-ring (bicyclic) bond motifs is 1. The Kier molecular flexibility index (Phi) is 6.47. The van der Waals surface area contributed by atoms with E-state index < -0.39 is 0 Å². The van der Waals surface area contributed by atoms with Gasteiger partial charge in [-0.3, -0.25) is 4.79 Å². The van der Waals surface area contributed by atoms with Gasteiger partial charge in [0.25, 0.3) is 0 Å². The zero-order valence-corrected chi connectivity index (χ0v) is 16.6. The Bertz CT molecular complexity index is 922. The van der Waals surface area contributed by atoms with Crippen LogP contribution in [0, 0.1) is 0 Å². The fourth-order valence-corrected chi connectivity index (χ4v) is 4.41. The van der Waals surface area contributed by atoms with Gasteiger partial charge >= 0.3 is 5.97 Å². The van der Waals surface area contributed by atoms with Crippen LogP contribution in [0.2, 0.25) is 10.0 Å². The monoisotopic (exact) mass is 404 g/mol. The summed E-state index contributed by atoms with van der Waals surface area (Å²) in [5.74, 6) is -0.210. The van der Waals surface area contributed by atoms with Crippen molar-refractivity contribution < 1.29 is 9.53 Å². The van der Waals surface area contributed by atoms with Crippen LogP contribution in [-0.4, -0.2) is 12.6 Å². The van der Waals surface area contributed by atoms with E-state index in [1.807, 2.05) is 37.3 Å². The molecule has 0 saturated heterocycles. The Morgan fingerprint density at radius 2 is 1.81 bits per heavy atom. The van der Waals surface area contributed by atoms with E-state index in [-0.39, 0.29) is 17.6 Å². The number of benzene rings is 3. The first-order valence-electron chi connectivity index (χ1n) is 8.33. The van der Waals surface area contributed by atoms with Gasteiger partial charge in [-0.1, -0.05) is 65.7 Å². The summed E-state index contributed by atoms with van der Waals surface area (Å²) in [4.78, 5) is 13.2. The minimum atomic E-state index is -0.210. The third-order valence-corrected chi connectivity index (χ3v) is 5.97. The molecule has 0 aromatic heterocycles. The molecule has 1 unspecified atom stereocenters. The van der Waals surface area contributed by atoms with Crippen LogP contribution >= 0.6 is 35.0 Å². The first-order valence-corrected chi connectivity index (χ1v) is 9.97. The third kappa shape index (κ3) is 4.53. The average Bonchev–Trinajstić information content (AvgIpc) is 2.64. The lowest BCUT2D eigenvalue weighted by Crippen LogP contribution is -2.09. The second-order valence-corrected chi connectivity index (χ2v) is 7.85. The lowest BCUT2D eigenvalue weighted by atomic mass is 10.0. The van der Waals surface area contributed by atoms with Crippen molar-refractivity contribution in [3.8, 4) is 0 Å². The Morgan fingerprint density at radius 3 is 2.58 bits per heavy atom. The van der Waals surface area contributed by atoms with Crippen molar-refractivity contribution in [2.75, 3.05) is 6.61 Å². The zero-order chi connectivity index (χ0) is 18.5. The van der Waals surface area contributed by atoms with Gasteiger partial charge in [0.2, 0.25) is 0 Å². The highest BCUT2D eigenvalue weighted by Gasteiger charge is 2.21. The number of hydrogen-bond acceptors (Lipinski definition) is 3. The molecule has 0 amide bonds. The molecule has 134 valence electrons. The summed E-state index contributed by atoms with van der Waals surface area (Å²) in [6.45, 7) is 2.19. The summed E-state index contributed by atoms with van der Waals surface area (Å²) >= 11 is 13.8. The van der Waals surface area contributed by atoms with E-state index in [4.69, 9.17) is 27.9 Å². The summed E-state index contributed by atoms with van der Waals surface area (Å²) in [5, 5.41) is 3.22. The molecule has 0 fully saturated rings. The van der Waals surface area contributed by atoms with E-state index >= 15 is 0 Å². The molecule has 0 heterocycles. The minimum Gasteiger partial charge on any atom is -0.466 e. The molecule has 2 nitrogen and oxygen atoms in total. The van der Waals surface area contributed by atoms with E-state index in [9.17, 15) is 4.79 Å². The highest BCUT2D eigenvalue weighted by atomic mass is 35.5. The van der Waals surface area contributed by atoms with Crippen molar-refractivity contribution in [3.05, 3.63) is 76.3 Å². The topological polar surface area (TPSA) is 26.3 Å². The van der Waals surface area contributed by atoms with Gasteiger partial charge in [-0.05, 0) is 41.5 Å². The molecular weight excluding hydrogens is 387 g/mol. The van der Waals surface area contributed by atoms with Gasteiger partial charge in [0, 0.05) is 10.1 Å². The fourth-order valence-electron chi connectivity index (χ4n) is 2.83. The van der Waals surface area contributed by atoms with Gasteiger partial charge in [0.15, 0.2) is 0 Å². The molecule has 5 heteroatoms. The first-order chi connectivity index (χ1) is 12.6. The van der Waals surface area contributed by atoms with Gasteiger partial charge in [-0.25, -0.2) is 0 Å². The van der Waals surface area contributed by atoms with Crippen LogP contribution in [-0.2, 0) is 9.53 Å². The average molecular weight is 405 g/mol. The molecule has 0 aliphatic carbocycles. The maximum atomic E-state index is 12.2. The van der Waals surface area contributed by atoms with Crippen LogP contribution in [0.1, 0.15) is 24.2 Å². The summed E-state index contributed by atoms with van der Waals surface area (Å²) in [6.07, 6.45) is 0.284. The van der Waals surface area contributed by atoms with Crippen LogP contribution in [0.5, 0.6) is 0 Å². The summed E-state index contributed by atoms with van der Waals surface area (Å²) in [6, 6.07) is 19.9. The molecular formula is C21H18Cl2O2S. The second-order valence-electron chi connectivity index (χ2n) is 5.76. The highest BCUT2D eigenvalue weighted by molar-refractivity contribution is 7.99. The van der Waals surface area contributed by atoms with E-state index in [1.54, 1.807) is 17.8 Å². The zero-order valence-electron chi connectivity index (χ0n) is 14.2. The molecule has 0 spiro atoms. The molecule has 3 aromatic rings. The van der Waals surface area contributed by atoms with Crippen molar-refractivity contribution in [1.29, 1.82) is 0 Å². The second kappa shape index (κ2) is 8.81. The maximum absolute atomic E-state index is 12.2. The van der Waals surface area contributed by atoms with Crippen LogP contribution in [0.15, 0.2) is 65.6 Å². The van der Waals surface area contributed by atoms with Gasteiger partial charge in [0.05, 0.1) is 23.1 Å². The largest absolute Gasteiger partial charge is 0.466 e. The Labute approximate surface area is 167 Å². The number of esters is 1. The molecule has 26 heavy (non-hydrogen) atoms. The van der Waals surface area contributed by atoms with Gasteiger partial charge in [0.1, 0.15) is 0 Å². The van der Waals surface area contributed by atoms with Crippen molar-refractivity contribution in [3.63, 3.8) is 0 Å². The van der Waals surface area contributed by atoms with Gasteiger partial charge < -0.3 is 4.74 Å². The number of rotatable bonds is 6. The number of ether oxygens (including phenoxy) is 1. The first kappa shape index (κ1) is 19.1. The van der Waals surface area contributed by atoms with Crippen molar-refractivity contribution in [1.82, 2.24) is 0 Å². The van der Waals surface area contributed by atoms with Crippen molar-refractivity contribution in [2.24, 2.45) is 0 Å². The van der Waals surface area contributed by atoms with Crippen molar-refractivity contribution >= 4 is 51.7 Å². The predicted octanol–water partition coefficient (Wildman–Crippen LogP) is 6.93. The van der Waals surface area contributed by atoms with Crippen molar-refractivity contribution in [2.45, 2.75) is 23.5 Å². The van der Waals surface area contributed by atoms with Crippen LogP contribution < -0.4 is 0 Å². The third-order valence-electron chi connectivity index (χ3n) is 4.00. The molecule has 0 aliphatic heterocycles. The number of halogens is 2. The lowest BCUT2D eigenvalue weighted by molar-refractivity contribution is -0.143. The highest BCUT2D eigenvalue weighted by Crippen LogP contribution is 2.42. The molecule has 3 rings (SSSR count). The quantitative estimate of drug-likeness (QED) is 0.328. The van der Waals surface area contributed by atoms with Crippen LogP contribution in [0.4, 0.5) is 0 Å². The molecule has 0 saturated carbocycles. The summed E-state index contributed by atoms with van der Waals surface area (Å²) in [7, 11) is 0. The molecule has 1 atom stereocenters. The smallest absolute Gasteiger partial charge is 0.307 e. The molecule has 0 aliphatic rings. The van der Waals surface area contributed by atoms with Crippen LogP contribution in [0.25, 0.3) is 10.8 Å². The summed E-state index contributed by atoms with van der Waals surface area (Å²) < 4.78 is 5.19. The van der Waals surface area contributed by atoms with E-state index in [1.165, 1.54) is 0 Å². The fraction of sp³-hybridized carbons (Fsp3) is 0.190. The minimum absolute atomic E-state index is 0.0857. The number of thioether (sulfide) groups is 1.